The number of benzene rings is 1. The number of nitrogens with zero attached hydrogens (tertiary/aromatic N) is 3. The van der Waals surface area contributed by atoms with E-state index in [-0.39, 0.29) is 29.7 Å². The van der Waals surface area contributed by atoms with Crippen molar-refractivity contribution in [2.75, 3.05) is 12.3 Å². The van der Waals surface area contributed by atoms with Crippen LogP contribution in [0.15, 0.2) is 24.3 Å². The van der Waals surface area contributed by atoms with Gasteiger partial charge in [-0.1, -0.05) is 19.1 Å². The Balaban J connectivity index is 2.57. The highest BCUT2D eigenvalue weighted by molar-refractivity contribution is 5.95. The first-order valence-corrected chi connectivity index (χ1v) is 7.19. The van der Waals surface area contributed by atoms with Crippen molar-refractivity contribution in [1.82, 2.24) is 9.97 Å². The summed E-state index contributed by atoms with van der Waals surface area (Å²) < 4.78 is 5.48. The fraction of sp³-hybridized carbons (Fsp3) is 0.250. The Morgan fingerprint density at radius 3 is 2.79 bits per heavy atom. The van der Waals surface area contributed by atoms with Gasteiger partial charge >= 0.3 is 5.97 Å². The third-order valence-electron chi connectivity index (χ3n) is 3.30. The lowest BCUT2D eigenvalue weighted by Crippen LogP contribution is -2.23. The number of hydrogen-bond donors (Lipinski definition) is 3. The van der Waals surface area contributed by atoms with E-state index in [1.54, 1.807) is 31.2 Å². The summed E-state index contributed by atoms with van der Waals surface area (Å²) in [7, 11) is 0. The number of anilines is 1. The molecule has 1 heterocycles. The number of carboxylic acid groups (broad SMARTS) is 1. The van der Waals surface area contributed by atoms with Crippen molar-refractivity contribution in [3.8, 4) is 23.3 Å². The molecule has 0 spiro atoms. The molecule has 0 amide bonds. The minimum absolute atomic E-state index is 0.136. The zero-order chi connectivity index (χ0) is 17.7. The fourth-order valence-electron chi connectivity index (χ4n) is 2.01. The molecule has 0 aliphatic heterocycles. The van der Waals surface area contributed by atoms with Gasteiger partial charge in [-0.3, -0.25) is 0 Å². The second-order valence-electron chi connectivity index (χ2n) is 4.94. The topological polar surface area (TPSA) is 142 Å². The number of aliphatic hydroxyl groups excluding tert-OH is 1. The Labute approximate surface area is 138 Å². The molecule has 1 aromatic heterocycles. The van der Waals surface area contributed by atoms with Gasteiger partial charge in [0.15, 0.2) is 11.4 Å². The highest BCUT2D eigenvalue weighted by atomic mass is 16.5. The standard InChI is InChI=1S/C16H16N4O4/c1-2-11(8-21)24-15-12(16(22)23)13(18)19-14(20-15)10-5-3-4-9(6-10)7-17/h3-6,11,21H,2,8H2,1H3,(H,22,23)(H2,18,19,20)/t11-/m1/s1. The van der Waals surface area contributed by atoms with Crippen molar-refractivity contribution in [3.05, 3.63) is 35.4 Å². The van der Waals surface area contributed by atoms with Crippen molar-refractivity contribution in [2.45, 2.75) is 19.4 Å². The third-order valence-corrected chi connectivity index (χ3v) is 3.30. The van der Waals surface area contributed by atoms with Crippen LogP contribution in [0.1, 0.15) is 29.3 Å². The molecule has 2 rings (SSSR count). The molecule has 4 N–H and O–H groups in total. The van der Waals surface area contributed by atoms with E-state index in [9.17, 15) is 15.0 Å². The number of aromatic nitrogens is 2. The van der Waals surface area contributed by atoms with E-state index in [0.29, 0.717) is 17.5 Å². The third kappa shape index (κ3) is 3.59. The number of nitrogens with two attached hydrogens (primary N) is 1. The smallest absolute Gasteiger partial charge is 0.345 e. The van der Waals surface area contributed by atoms with E-state index in [1.807, 2.05) is 6.07 Å². The van der Waals surface area contributed by atoms with Crippen LogP contribution in [0.4, 0.5) is 5.82 Å². The highest BCUT2D eigenvalue weighted by Gasteiger charge is 2.23. The summed E-state index contributed by atoms with van der Waals surface area (Å²) in [5.41, 5.74) is 6.29. The average Bonchev–Trinajstić information content (AvgIpc) is 2.58. The van der Waals surface area contributed by atoms with Crippen LogP contribution in [0.5, 0.6) is 5.88 Å². The molecule has 1 aromatic carbocycles. The number of aromatic carboxylic acids is 1. The van der Waals surface area contributed by atoms with Crippen LogP contribution < -0.4 is 10.5 Å². The van der Waals surface area contributed by atoms with Gasteiger partial charge in [-0.15, -0.1) is 0 Å². The number of ether oxygens (including phenoxy) is 1. The number of hydrogen-bond acceptors (Lipinski definition) is 7. The lowest BCUT2D eigenvalue weighted by Gasteiger charge is -2.17. The summed E-state index contributed by atoms with van der Waals surface area (Å²) in [6.07, 6.45) is -0.158. The van der Waals surface area contributed by atoms with E-state index in [1.165, 1.54) is 0 Å². The fourth-order valence-corrected chi connectivity index (χ4v) is 2.01. The normalized spacial score (nSPS) is 11.5. The quantitative estimate of drug-likeness (QED) is 0.723. The Kier molecular flexibility index (Phi) is 5.29. The molecule has 8 nitrogen and oxygen atoms in total. The Morgan fingerprint density at radius 2 is 2.21 bits per heavy atom. The Bertz CT molecular complexity index is 797. The maximum absolute atomic E-state index is 11.4. The molecule has 0 bridgehead atoms. The Morgan fingerprint density at radius 1 is 1.46 bits per heavy atom. The van der Waals surface area contributed by atoms with Crippen LogP contribution in [0.25, 0.3) is 11.4 Å². The minimum Gasteiger partial charge on any atom is -0.477 e. The molecule has 24 heavy (non-hydrogen) atoms. The molecule has 0 unspecified atom stereocenters. The van der Waals surface area contributed by atoms with E-state index in [0.717, 1.165) is 0 Å². The van der Waals surface area contributed by atoms with Gasteiger partial charge in [-0.05, 0) is 18.6 Å². The van der Waals surface area contributed by atoms with Crippen molar-refractivity contribution in [2.24, 2.45) is 0 Å². The number of nitriles is 1. The van der Waals surface area contributed by atoms with Crippen LogP contribution in [0, 0.1) is 11.3 Å². The molecule has 0 fully saturated rings. The van der Waals surface area contributed by atoms with Gasteiger partial charge in [0, 0.05) is 5.56 Å². The first-order chi connectivity index (χ1) is 11.5. The number of aliphatic hydroxyl groups is 1. The summed E-state index contributed by atoms with van der Waals surface area (Å²) in [5, 5.41) is 27.5. The largest absolute Gasteiger partial charge is 0.477 e. The molecule has 0 saturated carbocycles. The maximum atomic E-state index is 11.4. The van der Waals surface area contributed by atoms with Crippen LogP contribution >= 0.6 is 0 Å². The molecule has 8 heteroatoms. The molecule has 2 aromatic rings. The molecule has 0 saturated heterocycles. The molecule has 0 aliphatic carbocycles. The molecular formula is C16H16N4O4. The van der Waals surface area contributed by atoms with E-state index in [4.69, 9.17) is 15.7 Å². The number of rotatable bonds is 6. The predicted molar refractivity (Wildman–Crippen MR) is 85.3 cm³/mol. The molecule has 0 aliphatic rings. The summed E-state index contributed by atoms with van der Waals surface area (Å²) >= 11 is 0. The summed E-state index contributed by atoms with van der Waals surface area (Å²) in [6.45, 7) is 1.49. The maximum Gasteiger partial charge on any atom is 0.345 e. The van der Waals surface area contributed by atoms with Crippen LogP contribution in [-0.2, 0) is 0 Å². The molecule has 0 radical (unpaired) electrons. The summed E-state index contributed by atoms with van der Waals surface area (Å²) in [4.78, 5) is 19.5. The van der Waals surface area contributed by atoms with Gasteiger partial charge in [-0.25, -0.2) is 9.78 Å². The first-order valence-electron chi connectivity index (χ1n) is 7.19. The first kappa shape index (κ1) is 17.2. The number of nitrogen functional groups attached to an aromatic ring is 1. The second kappa shape index (κ2) is 7.39. The average molecular weight is 328 g/mol. The zero-order valence-corrected chi connectivity index (χ0v) is 12.9. The molecular weight excluding hydrogens is 312 g/mol. The second-order valence-corrected chi connectivity index (χ2v) is 4.94. The van der Waals surface area contributed by atoms with Crippen molar-refractivity contribution >= 4 is 11.8 Å². The van der Waals surface area contributed by atoms with Gasteiger partial charge in [0.25, 0.3) is 0 Å². The van der Waals surface area contributed by atoms with Crippen LogP contribution in [-0.4, -0.2) is 38.9 Å². The van der Waals surface area contributed by atoms with Crippen LogP contribution in [0.2, 0.25) is 0 Å². The highest BCUT2D eigenvalue weighted by Crippen LogP contribution is 2.27. The SMILES string of the molecule is CC[C@H](CO)Oc1nc(-c2cccc(C#N)c2)nc(N)c1C(=O)O. The van der Waals surface area contributed by atoms with Gasteiger partial charge in [0.2, 0.25) is 5.88 Å². The lowest BCUT2D eigenvalue weighted by molar-refractivity contribution is 0.0676. The molecule has 124 valence electrons. The van der Waals surface area contributed by atoms with Gasteiger partial charge in [0.1, 0.15) is 11.9 Å². The number of carbonyl (C=O) groups is 1. The lowest BCUT2D eigenvalue weighted by atomic mass is 10.1. The molecule has 1 atom stereocenters. The van der Waals surface area contributed by atoms with Gasteiger partial charge < -0.3 is 20.7 Å². The van der Waals surface area contributed by atoms with E-state index >= 15 is 0 Å². The van der Waals surface area contributed by atoms with E-state index in [2.05, 4.69) is 9.97 Å². The van der Waals surface area contributed by atoms with Crippen LogP contribution in [0.3, 0.4) is 0 Å². The predicted octanol–water partition coefficient (Wildman–Crippen LogP) is 1.45. The van der Waals surface area contributed by atoms with Gasteiger partial charge in [0.05, 0.1) is 18.2 Å². The minimum atomic E-state index is -1.33. The zero-order valence-electron chi connectivity index (χ0n) is 12.9. The monoisotopic (exact) mass is 328 g/mol. The summed E-state index contributed by atoms with van der Waals surface area (Å²) in [5.74, 6) is -1.66. The number of carboxylic acids is 1. The summed E-state index contributed by atoms with van der Waals surface area (Å²) in [6, 6.07) is 8.50. The van der Waals surface area contributed by atoms with E-state index < -0.39 is 12.1 Å². The van der Waals surface area contributed by atoms with Crippen molar-refractivity contribution < 1.29 is 19.7 Å². The van der Waals surface area contributed by atoms with Gasteiger partial charge in [-0.2, -0.15) is 10.2 Å². The van der Waals surface area contributed by atoms with Crippen molar-refractivity contribution in [1.29, 1.82) is 5.26 Å². The van der Waals surface area contributed by atoms with Crippen molar-refractivity contribution in [3.63, 3.8) is 0 Å². The Hall–Kier alpha value is -3.18.